The van der Waals surface area contributed by atoms with Crippen LogP contribution in [0.4, 0.5) is 18.9 Å². The van der Waals surface area contributed by atoms with Crippen LogP contribution in [0.3, 0.4) is 0 Å². The molecule has 1 N–H and O–H groups in total. The van der Waals surface area contributed by atoms with Crippen LogP contribution in [0.5, 0.6) is 0 Å². The molecule has 2 aromatic rings. The molecule has 136 valence electrons. The van der Waals surface area contributed by atoms with E-state index in [-0.39, 0.29) is 23.4 Å². The van der Waals surface area contributed by atoms with Gasteiger partial charge in [0.2, 0.25) is 11.8 Å². The van der Waals surface area contributed by atoms with Crippen LogP contribution in [0.25, 0.3) is 0 Å². The lowest BCUT2D eigenvalue weighted by molar-refractivity contribution is -0.135. The Bertz CT molecular complexity index is 885. The Labute approximate surface area is 148 Å². The number of amides is 2. The highest BCUT2D eigenvalue weighted by atomic mass is 19.1. The standard InChI is InChI=1S/C19H17F3N2O2/c1-10-13(20)8-7-11(17(10)22)12-9-24(2)19(26)16(12)18(25)23-15-6-4-3-5-14(15)21/h3-8,12,16H,9H2,1-2H3,(H,23,25)/t12-,16+/m1/s1. The molecule has 1 aliphatic rings. The van der Waals surface area contributed by atoms with Gasteiger partial charge in [-0.3, -0.25) is 9.59 Å². The van der Waals surface area contributed by atoms with Crippen LogP contribution in [-0.4, -0.2) is 30.3 Å². The molecule has 1 saturated heterocycles. The van der Waals surface area contributed by atoms with Crippen molar-refractivity contribution in [2.24, 2.45) is 5.92 Å². The van der Waals surface area contributed by atoms with Gasteiger partial charge in [-0.25, -0.2) is 13.2 Å². The summed E-state index contributed by atoms with van der Waals surface area (Å²) in [5, 5.41) is 2.39. The number of nitrogens with one attached hydrogen (secondary N) is 1. The fourth-order valence-corrected chi connectivity index (χ4v) is 3.21. The molecule has 1 aliphatic heterocycles. The molecule has 0 bridgehead atoms. The van der Waals surface area contributed by atoms with E-state index < -0.39 is 41.1 Å². The van der Waals surface area contributed by atoms with Gasteiger partial charge in [-0.1, -0.05) is 18.2 Å². The van der Waals surface area contributed by atoms with Crippen LogP contribution < -0.4 is 5.32 Å². The number of likely N-dealkylation sites (tertiary alicyclic amines) is 1. The molecule has 3 rings (SSSR count). The molecule has 1 fully saturated rings. The molecule has 7 heteroatoms. The van der Waals surface area contributed by atoms with E-state index in [9.17, 15) is 22.8 Å². The Balaban J connectivity index is 1.95. The third kappa shape index (κ3) is 3.05. The number of likely N-dealkylation sites (N-methyl/N-ethyl adjacent to an activating group) is 1. The second kappa shape index (κ2) is 6.82. The minimum absolute atomic E-state index is 0.0608. The first-order chi connectivity index (χ1) is 12.3. The molecule has 0 spiro atoms. The van der Waals surface area contributed by atoms with Crippen LogP contribution in [-0.2, 0) is 9.59 Å². The molecule has 2 aromatic carbocycles. The number of carbonyl (C=O) groups is 2. The van der Waals surface area contributed by atoms with Gasteiger partial charge in [0.25, 0.3) is 0 Å². The average Bonchev–Trinajstić information content (AvgIpc) is 2.90. The number of benzene rings is 2. The number of nitrogens with zero attached hydrogens (tertiary/aromatic N) is 1. The second-order valence-corrected chi connectivity index (χ2v) is 6.35. The molecule has 0 aliphatic carbocycles. The van der Waals surface area contributed by atoms with E-state index in [0.717, 1.165) is 6.07 Å². The number of carbonyl (C=O) groups excluding carboxylic acids is 2. The number of halogens is 3. The predicted octanol–water partition coefficient (Wildman–Crippen LogP) is 3.22. The zero-order valence-electron chi connectivity index (χ0n) is 14.2. The van der Waals surface area contributed by atoms with Gasteiger partial charge in [-0.2, -0.15) is 0 Å². The van der Waals surface area contributed by atoms with E-state index in [4.69, 9.17) is 0 Å². The van der Waals surface area contributed by atoms with Crippen molar-refractivity contribution >= 4 is 17.5 Å². The summed E-state index contributed by atoms with van der Waals surface area (Å²) in [5.41, 5.74) is -0.137. The van der Waals surface area contributed by atoms with Crippen molar-refractivity contribution in [1.29, 1.82) is 0 Å². The van der Waals surface area contributed by atoms with Gasteiger partial charge >= 0.3 is 0 Å². The quantitative estimate of drug-likeness (QED) is 0.853. The Morgan fingerprint density at radius 2 is 1.81 bits per heavy atom. The van der Waals surface area contributed by atoms with Gasteiger partial charge in [0.1, 0.15) is 23.4 Å². The monoisotopic (exact) mass is 362 g/mol. The number of rotatable bonds is 3. The molecular weight excluding hydrogens is 345 g/mol. The molecule has 0 aromatic heterocycles. The maximum absolute atomic E-state index is 14.5. The Morgan fingerprint density at radius 1 is 1.12 bits per heavy atom. The lowest BCUT2D eigenvalue weighted by atomic mass is 9.86. The van der Waals surface area contributed by atoms with Crippen LogP contribution in [0.15, 0.2) is 36.4 Å². The van der Waals surface area contributed by atoms with Gasteiger partial charge in [0.15, 0.2) is 0 Å². The molecule has 2 atom stereocenters. The van der Waals surface area contributed by atoms with Gasteiger partial charge < -0.3 is 10.2 Å². The molecule has 2 amide bonds. The van der Waals surface area contributed by atoms with Crippen LogP contribution >= 0.6 is 0 Å². The molecule has 0 unspecified atom stereocenters. The fraction of sp³-hybridized carbons (Fsp3) is 0.263. The summed E-state index contributed by atoms with van der Waals surface area (Å²) in [6, 6.07) is 7.92. The SMILES string of the molecule is Cc1c(F)ccc([C@H]2CN(C)C(=O)[C@@H]2C(=O)Nc2ccccc2F)c1F. The maximum atomic E-state index is 14.5. The van der Waals surface area contributed by atoms with Crippen LogP contribution in [0.1, 0.15) is 17.0 Å². The normalized spacial score (nSPS) is 19.7. The van der Waals surface area contributed by atoms with Gasteiger partial charge in [0.05, 0.1) is 5.69 Å². The summed E-state index contributed by atoms with van der Waals surface area (Å²) in [6.07, 6.45) is 0. The first kappa shape index (κ1) is 18.0. The second-order valence-electron chi connectivity index (χ2n) is 6.35. The van der Waals surface area contributed by atoms with Crippen LogP contribution in [0.2, 0.25) is 0 Å². The maximum Gasteiger partial charge on any atom is 0.237 e. The highest BCUT2D eigenvalue weighted by Gasteiger charge is 2.45. The minimum atomic E-state index is -1.22. The fourth-order valence-electron chi connectivity index (χ4n) is 3.21. The zero-order chi connectivity index (χ0) is 19.0. The van der Waals surface area contributed by atoms with E-state index in [1.165, 1.54) is 43.1 Å². The Hall–Kier alpha value is -2.83. The topological polar surface area (TPSA) is 49.4 Å². The third-order valence-electron chi connectivity index (χ3n) is 4.68. The van der Waals surface area contributed by atoms with E-state index in [2.05, 4.69) is 5.32 Å². The minimum Gasteiger partial charge on any atom is -0.344 e. The van der Waals surface area contributed by atoms with E-state index >= 15 is 0 Å². The average molecular weight is 362 g/mol. The van der Waals surface area contributed by atoms with E-state index in [1.54, 1.807) is 6.07 Å². The Kier molecular flexibility index (Phi) is 4.71. The van der Waals surface area contributed by atoms with E-state index in [0.29, 0.717) is 0 Å². The summed E-state index contributed by atoms with van der Waals surface area (Å²) in [6.45, 7) is 1.40. The lowest BCUT2D eigenvalue weighted by Crippen LogP contribution is -2.33. The Morgan fingerprint density at radius 3 is 2.50 bits per heavy atom. The predicted molar refractivity (Wildman–Crippen MR) is 90.0 cm³/mol. The summed E-state index contributed by atoms with van der Waals surface area (Å²) in [7, 11) is 1.50. The molecule has 0 saturated carbocycles. The van der Waals surface area contributed by atoms with Gasteiger partial charge in [-0.15, -0.1) is 0 Å². The zero-order valence-corrected chi connectivity index (χ0v) is 14.2. The largest absolute Gasteiger partial charge is 0.344 e. The van der Waals surface area contributed by atoms with Crippen molar-refractivity contribution in [3.05, 3.63) is 65.0 Å². The van der Waals surface area contributed by atoms with Crippen molar-refractivity contribution in [1.82, 2.24) is 4.90 Å². The first-order valence-electron chi connectivity index (χ1n) is 8.06. The number of para-hydroxylation sites is 1. The number of hydrogen-bond acceptors (Lipinski definition) is 2. The summed E-state index contributed by atoms with van der Waals surface area (Å²) in [4.78, 5) is 26.4. The first-order valence-corrected chi connectivity index (χ1v) is 8.06. The van der Waals surface area contributed by atoms with E-state index in [1.807, 2.05) is 0 Å². The van der Waals surface area contributed by atoms with Crippen LogP contribution in [0, 0.1) is 30.3 Å². The van der Waals surface area contributed by atoms with Gasteiger partial charge in [0, 0.05) is 25.1 Å². The lowest BCUT2D eigenvalue weighted by Gasteiger charge is -2.18. The highest BCUT2D eigenvalue weighted by Crippen LogP contribution is 2.36. The van der Waals surface area contributed by atoms with Crippen molar-refractivity contribution in [3.63, 3.8) is 0 Å². The molecule has 4 nitrogen and oxygen atoms in total. The highest BCUT2D eigenvalue weighted by molar-refractivity contribution is 6.08. The number of hydrogen-bond donors (Lipinski definition) is 1. The van der Waals surface area contributed by atoms with Gasteiger partial charge in [-0.05, 0) is 30.7 Å². The molecular formula is C19H17F3N2O2. The summed E-state index contributed by atoms with van der Waals surface area (Å²) in [5.74, 6) is -5.35. The molecule has 0 radical (unpaired) electrons. The summed E-state index contributed by atoms with van der Waals surface area (Å²) < 4.78 is 41.9. The summed E-state index contributed by atoms with van der Waals surface area (Å²) >= 11 is 0. The smallest absolute Gasteiger partial charge is 0.237 e. The van der Waals surface area contributed by atoms with Crippen molar-refractivity contribution in [2.75, 3.05) is 18.9 Å². The van der Waals surface area contributed by atoms with Crippen molar-refractivity contribution < 1.29 is 22.8 Å². The van der Waals surface area contributed by atoms with Crippen molar-refractivity contribution in [3.8, 4) is 0 Å². The molecule has 1 heterocycles. The number of anilines is 1. The van der Waals surface area contributed by atoms with Crippen molar-refractivity contribution in [2.45, 2.75) is 12.8 Å². The third-order valence-corrected chi connectivity index (χ3v) is 4.68. The molecule has 26 heavy (non-hydrogen) atoms.